The first kappa shape index (κ1) is 52.1. The van der Waals surface area contributed by atoms with Crippen molar-refractivity contribution in [2.75, 3.05) is 31.1 Å². The van der Waals surface area contributed by atoms with Gasteiger partial charge in [-0.05, 0) is 51.3 Å². The van der Waals surface area contributed by atoms with Crippen LogP contribution in [0.15, 0.2) is 35.3 Å². The molecular weight excluding hydrogens is 813 g/mol. The normalized spacial score (nSPS) is 22.9. The lowest BCUT2D eigenvalue weighted by Gasteiger charge is -2.26. The van der Waals surface area contributed by atoms with Gasteiger partial charge in [0, 0.05) is 62.7 Å². The number of nitrogens with two attached hydrogens (primary N) is 3. The van der Waals surface area contributed by atoms with Crippen LogP contribution in [0.2, 0.25) is 0 Å². The van der Waals surface area contributed by atoms with Crippen LogP contribution in [0.5, 0.6) is 0 Å². The number of aliphatic imine (C=N–C) groups is 1. The minimum Gasteiger partial charge on any atom is -0.393 e. The zero-order valence-corrected chi connectivity index (χ0v) is 35.9. The molecule has 338 valence electrons. The third-order valence-electron chi connectivity index (χ3n) is 10.2. The van der Waals surface area contributed by atoms with Crippen LogP contribution in [-0.2, 0) is 49.6 Å². The number of carbonyl (C=O) groups excluding carboxylic acids is 9. The van der Waals surface area contributed by atoms with Crippen molar-refractivity contribution in [3.8, 4) is 0 Å². The number of carbonyl (C=O) groups is 9. The molecule has 0 aliphatic carbocycles. The van der Waals surface area contributed by atoms with Crippen LogP contribution in [-0.4, -0.2) is 130 Å². The highest BCUT2D eigenvalue weighted by atomic mass is 32.2. The molecule has 1 saturated heterocycles. The third-order valence-corrected chi connectivity index (χ3v) is 11.3. The molecule has 2 rings (SSSR count). The number of hydrogen-bond donors (Lipinski definition) is 9. The van der Waals surface area contributed by atoms with Crippen LogP contribution >= 0.6 is 11.8 Å². The zero-order chi connectivity index (χ0) is 45.6. The van der Waals surface area contributed by atoms with Gasteiger partial charge in [-0.25, -0.2) is 0 Å². The smallest absolute Gasteiger partial charge is 0.244 e. The molecule has 1 aliphatic heterocycles. The third kappa shape index (κ3) is 19.5. The number of benzene rings is 1. The monoisotopic (exact) mass is 874 g/mol. The summed E-state index contributed by atoms with van der Waals surface area (Å²) in [5.41, 5.74) is 17.0. The summed E-state index contributed by atoms with van der Waals surface area (Å²) >= 11 is 1.13. The van der Waals surface area contributed by atoms with Gasteiger partial charge < -0.3 is 48.7 Å². The molecule has 19 nitrogen and oxygen atoms in total. The molecule has 0 radical (unpaired) electrons. The molecule has 12 N–H and O–H groups in total. The highest BCUT2D eigenvalue weighted by Crippen LogP contribution is 2.25. The summed E-state index contributed by atoms with van der Waals surface area (Å²) in [6.07, 6.45) is -4.04. The molecule has 0 aromatic heterocycles. The molecule has 4 amide bonds. The Bertz CT molecular complexity index is 1720. The van der Waals surface area contributed by atoms with E-state index in [1.54, 1.807) is 30.3 Å². The predicted molar refractivity (Wildman–Crippen MR) is 227 cm³/mol. The second-order valence-electron chi connectivity index (χ2n) is 15.3. The predicted octanol–water partition coefficient (Wildman–Crippen LogP) is -1.62. The number of Topliss-reactive ketones (excluding diaryl/α,β-unsaturated/α-hetero) is 5. The highest BCUT2D eigenvalue weighted by molar-refractivity contribution is 7.99. The summed E-state index contributed by atoms with van der Waals surface area (Å²) < 4.78 is 0. The topological polar surface area (TPSA) is 333 Å². The molecule has 1 heterocycles. The second kappa shape index (κ2) is 27.0. The van der Waals surface area contributed by atoms with Crippen LogP contribution in [0.3, 0.4) is 0 Å². The van der Waals surface area contributed by atoms with Crippen molar-refractivity contribution in [3.63, 3.8) is 0 Å². The number of guanidine groups is 1. The fourth-order valence-electron chi connectivity index (χ4n) is 6.60. The standard InChI is InChI=1S/C41H62N8O11S/c1-23(50)30(24(2)51)19-35(55)27-13-15-61-22-34(47-37(57)12-11-28(53)20-42)40(60)48-32(10-7-14-45-41(43)44)39(59)49-33(16-26-8-5-4-6-9-26)38(58)46-21-29(54)18-31(25(3)52)36(56)17-27/h4-6,8-9,23,25,27,30-34,50,52H,7,10-22,42H2,1-3H3,(H,46,58)(H,47,57)(H,48,60)(H,49,59)(H4,43,44,45)/t23-,25-,27-,30+,31+,32+,33+,34+/m1/s1. The van der Waals surface area contributed by atoms with Gasteiger partial charge >= 0.3 is 0 Å². The summed E-state index contributed by atoms with van der Waals surface area (Å²) in [5, 5.41) is 31.3. The fourth-order valence-corrected chi connectivity index (χ4v) is 7.68. The van der Waals surface area contributed by atoms with E-state index in [1.807, 2.05) is 0 Å². The van der Waals surface area contributed by atoms with Crippen LogP contribution in [0.4, 0.5) is 0 Å². The number of rotatable bonds is 17. The van der Waals surface area contributed by atoms with E-state index in [2.05, 4.69) is 26.3 Å². The van der Waals surface area contributed by atoms with E-state index < -0.39 is 114 Å². The number of aliphatic hydroxyl groups is 2. The van der Waals surface area contributed by atoms with Crippen molar-refractivity contribution in [2.24, 2.45) is 39.9 Å². The lowest BCUT2D eigenvalue weighted by Crippen LogP contribution is -2.57. The van der Waals surface area contributed by atoms with Gasteiger partial charge in [-0.2, -0.15) is 11.8 Å². The van der Waals surface area contributed by atoms with E-state index in [-0.39, 0.29) is 81.3 Å². The van der Waals surface area contributed by atoms with Crippen molar-refractivity contribution in [2.45, 2.75) is 109 Å². The number of aliphatic hydroxyl groups excluding tert-OH is 2. The molecule has 1 fully saturated rings. The number of nitrogens with one attached hydrogen (secondary N) is 4. The van der Waals surface area contributed by atoms with Gasteiger partial charge in [-0.3, -0.25) is 48.1 Å². The first-order valence-corrected chi connectivity index (χ1v) is 21.5. The minimum absolute atomic E-state index is 0.0163. The molecule has 8 atom stereocenters. The molecule has 0 unspecified atom stereocenters. The van der Waals surface area contributed by atoms with Crippen LogP contribution in [0.25, 0.3) is 0 Å². The Morgan fingerprint density at radius 2 is 1.61 bits per heavy atom. The van der Waals surface area contributed by atoms with Crippen LogP contribution in [0.1, 0.15) is 77.7 Å². The van der Waals surface area contributed by atoms with Crippen LogP contribution < -0.4 is 38.5 Å². The van der Waals surface area contributed by atoms with Crippen molar-refractivity contribution >= 4 is 70.3 Å². The maximum Gasteiger partial charge on any atom is 0.244 e. The molecular formula is C41H62N8O11S. The van der Waals surface area contributed by atoms with Gasteiger partial charge in [0.05, 0.1) is 31.2 Å². The van der Waals surface area contributed by atoms with Gasteiger partial charge in [0.2, 0.25) is 23.6 Å². The SMILES string of the molecule is CC(=O)[C@@H](CC(=O)[C@@H]1CCSC[C@H](NC(=O)CCC(=O)CN)C(=O)N[C@@H](CCCN=C(N)N)C(=O)N[C@@H](Cc2ccccc2)C(=O)NCC(=O)C[C@@H]([C@@H](C)O)C(=O)C1)[C@@H](C)O. The minimum atomic E-state index is -1.32. The number of hydrogen-bond acceptors (Lipinski definition) is 14. The summed E-state index contributed by atoms with van der Waals surface area (Å²) in [5.74, 6) is -9.01. The molecule has 0 spiro atoms. The maximum atomic E-state index is 14.0. The summed E-state index contributed by atoms with van der Waals surface area (Å²) in [7, 11) is 0. The van der Waals surface area contributed by atoms with Gasteiger partial charge in [-0.1, -0.05) is 30.3 Å². The molecule has 0 bridgehead atoms. The molecule has 0 saturated carbocycles. The van der Waals surface area contributed by atoms with Gasteiger partial charge in [-0.15, -0.1) is 0 Å². The largest absolute Gasteiger partial charge is 0.393 e. The van der Waals surface area contributed by atoms with Gasteiger partial charge in [0.15, 0.2) is 11.7 Å². The lowest BCUT2D eigenvalue weighted by molar-refractivity contribution is -0.136. The van der Waals surface area contributed by atoms with E-state index in [9.17, 15) is 53.4 Å². The Morgan fingerprint density at radius 1 is 0.934 bits per heavy atom. The second-order valence-corrected chi connectivity index (χ2v) is 16.4. The average molecular weight is 875 g/mol. The molecule has 1 aromatic rings. The number of thioether (sulfide) groups is 1. The van der Waals surface area contributed by atoms with E-state index in [4.69, 9.17) is 17.2 Å². The highest BCUT2D eigenvalue weighted by Gasteiger charge is 2.35. The Hall–Kier alpha value is -5.05. The Labute approximate surface area is 359 Å². The van der Waals surface area contributed by atoms with Gasteiger partial charge in [0.1, 0.15) is 41.3 Å². The van der Waals surface area contributed by atoms with Crippen molar-refractivity contribution in [3.05, 3.63) is 35.9 Å². The number of nitrogens with zero attached hydrogens (tertiary/aromatic N) is 1. The Kier molecular flexibility index (Phi) is 23.1. The molecule has 20 heteroatoms. The van der Waals surface area contributed by atoms with Crippen molar-refractivity contribution in [1.29, 1.82) is 0 Å². The van der Waals surface area contributed by atoms with E-state index in [1.165, 1.54) is 20.8 Å². The van der Waals surface area contributed by atoms with E-state index in [0.717, 1.165) is 11.8 Å². The van der Waals surface area contributed by atoms with E-state index in [0.29, 0.717) is 5.56 Å². The van der Waals surface area contributed by atoms with Crippen molar-refractivity contribution in [1.82, 2.24) is 21.3 Å². The fraction of sp³-hybridized carbons (Fsp3) is 0.610. The maximum absolute atomic E-state index is 14.0. The number of ketones is 5. The lowest BCUT2D eigenvalue weighted by atomic mass is 9.82. The first-order chi connectivity index (χ1) is 28.8. The molecule has 1 aromatic carbocycles. The molecule has 1 aliphatic rings. The summed E-state index contributed by atoms with van der Waals surface area (Å²) in [6, 6.07) is 4.84. The number of amides is 4. The Balaban J connectivity index is 2.60. The average Bonchev–Trinajstić information content (AvgIpc) is 3.20. The summed E-state index contributed by atoms with van der Waals surface area (Å²) in [4.78, 5) is 123. The first-order valence-electron chi connectivity index (χ1n) is 20.3. The molecule has 61 heavy (non-hydrogen) atoms. The quantitative estimate of drug-likeness (QED) is 0.0482. The van der Waals surface area contributed by atoms with Gasteiger partial charge in [0.25, 0.3) is 0 Å². The summed E-state index contributed by atoms with van der Waals surface area (Å²) in [6.45, 7) is 3.17. The van der Waals surface area contributed by atoms with Crippen molar-refractivity contribution < 1.29 is 53.4 Å². The van der Waals surface area contributed by atoms with Crippen LogP contribution in [0, 0.1) is 17.8 Å². The zero-order valence-electron chi connectivity index (χ0n) is 35.1. The Morgan fingerprint density at radius 3 is 2.21 bits per heavy atom. The van der Waals surface area contributed by atoms with E-state index >= 15 is 0 Å².